The lowest BCUT2D eigenvalue weighted by Crippen LogP contribution is -2.54. The normalized spacial score (nSPS) is 15.0. The number of carbonyl (C=O) groups is 3. The molecule has 1 saturated heterocycles. The van der Waals surface area contributed by atoms with Crippen LogP contribution in [0.5, 0.6) is 5.75 Å². The van der Waals surface area contributed by atoms with Crippen LogP contribution in [0.25, 0.3) is 0 Å². The van der Waals surface area contributed by atoms with Gasteiger partial charge in [0.1, 0.15) is 12.6 Å². The number of carbonyl (C=O) groups excluding carboxylic acids is 3. The van der Waals surface area contributed by atoms with Crippen LogP contribution in [0.15, 0.2) is 30.3 Å². The number of nitrogens with zero attached hydrogens (tertiary/aromatic N) is 2. The van der Waals surface area contributed by atoms with E-state index in [-0.39, 0.29) is 48.5 Å². The molecule has 3 amide bonds. The summed E-state index contributed by atoms with van der Waals surface area (Å²) < 4.78 is 77.0. The first-order chi connectivity index (χ1) is 19.2. The molecule has 2 aromatic rings. The molecule has 2 N–H and O–H groups in total. The number of halogens is 6. The minimum Gasteiger partial charge on any atom is -0.433 e. The highest BCUT2D eigenvalue weighted by molar-refractivity contribution is 7.18. The van der Waals surface area contributed by atoms with Gasteiger partial charge < -0.3 is 25.0 Å². The molecule has 3 rings (SSSR count). The van der Waals surface area contributed by atoms with Crippen LogP contribution in [0.1, 0.15) is 23.5 Å². The van der Waals surface area contributed by atoms with E-state index in [0.29, 0.717) is 4.34 Å². The summed E-state index contributed by atoms with van der Waals surface area (Å²) in [6.07, 6.45) is -4.69. The van der Waals surface area contributed by atoms with Gasteiger partial charge in [-0.2, -0.15) is 22.0 Å². The molecule has 9 nitrogen and oxygen atoms in total. The third-order valence-corrected chi connectivity index (χ3v) is 6.94. The first-order valence-electron chi connectivity index (χ1n) is 12.4. The molecule has 2 heterocycles. The van der Waals surface area contributed by atoms with Gasteiger partial charge in [0, 0.05) is 31.4 Å². The summed E-state index contributed by atoms with van der Waals surface area (Å²) >= 11 is 6.80. The van der Waals surface area contributed by atoms with Gasteiger partial charge in [-0.05, 0) is 30.2 Å². The first kappa shape index (κ1) is 32.5. The maximum Gasteiger partial charge on any atom is 0.401 e. The number of nitrogens with one attached hydrogen (secondary N) is 2. The molecule has 1 aromatic carbocycles. The molecule has 1 aromatic heterocycles. The van der Waals surface area contributed by atoms with Crippen LogP contribution in [-0.4, -0.2) is 80.8 Å². The predicted molar refractivity (Wildman–Crippen MR) is 143 cm³/mol. The average Bonchev–Trinajstić information content (AvgIpc) is 3.30. The van der Waals surface area contributed by atoms with Crippen molar-refractivity contribution in [2.24, 2.45) is 5.92 Å². The zero-order chi connectivity index (χ0) is 30.3. The number of benzene rings is 1. The van der Waals surface area contributed by atoms with Crippen LogP contribution in [0.4, 0.5) is 33.3 Å². The van der Waals surface area contributed by atoms with Crippen LogP contribution in [0.3, 0.4) is 0 Å². The lowest BCUT2D eigenvalue weighted by Gasteiger charge is -2.33. The zero-order valence-corrected chi connectivity index (χ0v) is 23.5. The molecule has 1 aliphatic heterocycles. The highest BCUT2D eigenvalue weighted by Gasteiger charge is 2.37. The molecule has 0 bridgehead atoms. The lowest BCUT2D eigenvalue weighted by molar-refractivity contribution is -0.154. The van der Waals surface area contributed by atoms with E-state index in [0.717, 1.165) is 22.3 Å². The van der Waals surface area contributed by atoms with Gasteiger partial charge in [0.25, 0.3) is 11.8 Å². The molecule has 0 unspecified atom stereocenters. The maximum atomic E-state index is 13.5. The van der Waals surface area contributed by atoms with Crippen LogP contribution in [-0.2, 0) is 14.3 Å². The average molecular weight is 627 g/mol. The zero-order valence-electron chi connectivity index (χ0n) is 22.0. The van der Waals surface area contributed by atoms with Gasteiger partial charge in [-0.15, -0.1) is 11.3 Å². The number of rotatable bonds is 12. The Hall–Kier alpha value is -3.01. The molecule has 41 heavy (non-hydrogen) atoms. The Morgan fingerprint density at radius 2 is 1.95 bits per heavy atom. The summed E-state index contributed by atoms with van der Waals surface area (Å²) in [5.41, 5.74) is -0.0681. The van der Waals surface area contributed by atoms with E-state index in [1.165, 1.54) is 29.2 Å². The first-order valence-corrected chi connectivity index (χ1v) is 13.5. The van der Waals surface area contributed by atoms with Gasteiger partial charge in [-0.25, -0.2) is 0 Å². The van der Waals surface area contributed by atoms with Crippen molar-refractivity contribution in [2.45, 2.75) is 32.7 Å². The van der Waals surface area contributed by atoms with Gasteiger partial charge in [-0.1, -0.05) is 25.4 Å². The van der Waals surface area contributed by atoms with E-state index in [1.54, 1.807) is 13.8 Å². The number of hydrogen-bond donors (Lipinski definition) is 2. The molecule has 1 fully saturated rings. The largest absolute Gasteiger partial charge is 0.433 e. The molecule has 16 heteroatoms. The monoisotopic (exact) mass is 626 g/mol. The van der Waals surface area contributed by atoms with Crippen molar-refractivity contribution in [1.82, 2.24) is 10.2 Å². The van der Waals surface area contributed by atoms with Crippen LogP contribution in [0.2, 0.25) is 4.34 Å². The van der Waals surface area contributed by atoms with E-state index in [9.17, 15) is 36.3 Å². The van der Waals surface area contributed by atoms with Gasteiger partial charge in [0.05, 0.1) is 28.1 Å². The number of morpholine rings is 1. The fraction of sp³-hybridized carbons (Fsp3) is 0.480. The van der Waals surface area contributed by atoms with E-state index in [1.807, 2.05) is 0 Å². The highest BCUT2D eigenvalue weighted by atomic mass is 35.5. The molecule has 1 aliphatic rings. The molecule has 0 radical (unpaired) electrons. The number of amides is 3. The standard InChI is InChI=1S/C25H28ClF5N4O5S/c1-14(2)11-34(13-25(29,30)31)17(10-32-23(38)19-5-6-20(26)41-19)22(37)33-16-4-3-15(9-18(16)40-24(27)28)35-7-8-39-12-21(35)36/h3-6,9,14,17,24H,7-8,10-13H2,1-2H3,(H,32,38)(H,33,37)/t17-/m1/s1. The smallest absolute Gasteiger partial charge is 0.401 e. The summed E-state index contributed by atoms with van der Waals surface area (Å²) in [6.45, 7) is -2.01. The summed E-state index contributed by atoms with van der Waals surface area (Å²) in [5.74, 6) is -2.89. The Balaban J connectivity index is 1.91. The van der Waals surface area contributed by atoms with Gasteiger partial charge in [0.15, 0.2) is 5.75 Å². The SMILES string of the molecule is CC(C)CN(CC(F)(F)F)[C@H](CNC(=O)c1ccc(Cl)s1)C(=O)Nc1ccc(N2CCOCC2=O)cc1OC(F)F. The second-order valence-corrected chi connectivity index (χ2v) is 11.1. The van der Waals surface area contributed by atoms with Crippen molar-refractivity contribution in [2.75, 3.05) is 49.6 Å². The summed E-state index contributed by atoms with van der Waals surface area (Å²) in [5, 5.41) is 4.82. The molecular weight excluding hydrogens is 599 g/mol. The Morgan fingerprint density at radius 1 is 1.22 bits per heavy atom. The third kappa shape index (κ3) is 9.80. The molecule has 226 valence electrons. The highest BCUT2D eigenvalue weighted by Crippen LogP contribution is 2.32. The van der Waals surface area contributed by atoms with Crippen molar-refractivity contribution in [3.8, 4) is 5.75 Å². The number of anilines is 2. The van der Waals surface area contributed by atoms with E-state index < -0.39 is 55.4 Å². The third-order valence-electron chi connectivity index (χ3n) is 5.72. The van der Waals surface area contributed by atoms with Gasteiger partial charge >= 0.3 is 12.8 Å². The van der Waals surface area contributed by atoms with Gasteiger partial charge in [0.2, 0.25) is 5.91 Å². The maximum absolute atomic E-state index is 13.5. The van der Waals surface area contributed by atoms with E-state index >= 15 is 0 Å². The van der Waals surface area contributed by atoms with Crippen molar-refractivity contribution in [3.05, 3.63) is 39.5 Å². The second kappa shape index (κ2) is 14.2. The summed E-state index contributed by atoms with van der Waals surface area (Å²) in [4.78, 5) is 40.5. The minimum atomic E-state index is -4.69. The topological polar surface area (TPSA) is 100 Å². The molecule has 0 saturated carbocycles. The number of hydrogen-bond acceptors (Lipinski definition) is 7. The second-order valence-electron chi connectivity index (χ2n) is 9.41. The van der Waals surface area contributed by atoms with E-state index in [2.05, 4.69) is 15.4 Å². The Kier molecular flexibility index (Phi) is 11.3. The minimum absolute atomic E-state index is 0.150. The fourth-order valence-corrected chi connectivity index (χ4v) is 5.04. The quantitative estimate of drug-likeness (QED) is 0.334. The van der Waals surface area contributed by atoms with Crippen LogP contribution >= 0.6 is 22.9 Å². The van der Waals surface area contributed by atoms with Crippen molar-refractivity contribution in [3.63, 3.8) is 0 Å². The Morgan fingerprint density at radius 3 is 2.54 bits per heavy atom. The predicted octanol–water partition coefficient (Wildman–Crippen LogP) is 4.62. The summed E-state index contributed by atoms with van der Waals surface area (Å²) in [6, 6.07) is 5.03. The Bertz CT molecular complexity index is 1230. The Labute approximate surface area is 241 Å². The molecule has 0 spiro atoms. The van der Waals surface area contributed by atoms with Crippen molar-refractivity contribution in [1.29, 1.82) is 0 Å². The van der Waals surface area contributed by atoms with Crippen molar-refractivity contribution < 1.29 is 45.8 Å². The number of thiophene rings is 1. The van der Waals surface area contributed by atoms with Gasteiger partial charge in [-0.3, -0.25) is 19.3 Å². The van der Waals surface area contributed by atoms with Crippen LogP contribution < -0.4 is 20.3 Å². The number of ether oxygens (including phenoxy) is 2. The lowest BCUT2D eigenvalue weighted by atomic mass is 10.1. The fourth-order valence-electron chi connectivity index (χ4n) is 4.08. The number of alkyl halides is 5. The molecular formula is C25H28ClF5N4O5S. The van der Waals surface area contributed by atoms with Crippen LogP contribution in [0, 0.1) is 5.92 Å². The molecule has 1 atom stereocenters. The molecule has 0 aliphatic carbocycles. The summed E-state index contributed by atoms with van der Waals surface area (Å²) in [7, 11) is 0. The van der Waals surface area contributed by atoms with Crippen molar-refractivity contribution >= 4 is 52.0 Å². The van der Waals surface area contributed by atoms with E-state index in [4.69, 9.17) is 16.3 Å².